The van der Waals surface area contributed by atoms with E-state index in [2.05, 4.69) is 11.0 Å². The minimum absolute atomic E-state index is 0.0276. The Bertz CT molecular complexity index is 1340. The van der Waals surface area contributed by atoms with Crippen LogP contribution in [-0.4, -0.2) is 60.9 Å². The van der Waals surface area contributed by atoms with Crippen molar-refractivity contribution in [1.82, 2.24) is 9.80 Å². The molecule has 0 saturated carbocycles. The Morgan fingerprint density at radius 3 is 2.48 bits per heavy atom. The zero-order valence-corrected chi connectivity index (χ0v) is 24.5. The highest BCUT2D eigenvalue weighted by molar-refractivity contribution is 6.42. The monoisotopic (exact) mass is 582 g/mol. The summed E-state index contributed by atoms with van der Waals surface area (Å²) in [4.78, 5) is 32.4. The van der Waals surface area contributed by atoms with Crippen molar-refractivity contribution in [3.05, 3.63) is 93.5 Å². The van der Waals surface area contributed by atoms with Crippen LogP contribution < -0.4 is 15.4 Å². The minimum atomic E-state index is -0.759. The molecule has 0 radical (unpaired) electrons. The van der Waals surface area contributed by atoms with Crippen molar-refractivity contribution in [2.45, 2.75) is 38.9 Å². The zero-order valence-electron chi connectivity index (χ0n) is 23.0. The number of nitrogens with two attached hydrogens (primary N) is 1. The smallest absolute Gasteiger partial charge is 0.240 e. The molecule has 2 N–H and O–H groups in total. The van der Waals surface area contributed by atoms with Gasteiger partial charge in [-0.25, -0.2) is 0 Å². The lowest BCUT2D eigenvalue weighted by Gasteiger charge is -2.30. The number of carbonyl (C=O) groups excluding carboxylic acids is 2. The fourth-order valence-electron chi connectivity index (χ4n) is 5.08. The number of para-hydroxylation sites is 1. The summed E-state index contributed by atoms with van der Waals surface area (Å²) in [6, 6.07) is 20.3. The molecular weight excluding hydrogens is 547 g/mol. The molecule has 0 bridgehead atoms. The number of anilines is 1. The van der Waals surface area contributed by atoms with E-state index in [1.807, 2.05) is 58.3 Å². The first kappa shape index (κ1) is 29.9. The van der Waals surface area contributed by atoms with Crippen molar-refractivity contribution in [2.75, 3.05) is 38.2 Å². The standard InChI is InChI=1S/C31H36Cl2N4O3/c1-22(38)37-14-6-13-35(20-24-7-5-9-26(17-24)40-2)15-16-36(21-25-8-3-4-10-30(25)37)31(39)29(34)19-23-11-12-27(32)28(33)18-23/h3-5,7-12,17-18,29H,6,13-16,19-21,34H2,1-2H3/t29-/m0/s1. The van der Waals surface area contributed by atoms with Gasteiger partial charge in [0.1, 0.15) is 5.75 Å². The summed E-state index contributed by atoms with van der Waals surface area (Å²) in [6.45, 7) is 5.13. The van der Waals surface area contributed by atoms with Gasteiger partial charge in [0.2, 0.25) is 11.8 Å². The summed E-state index contributed by atoms with van der Waals surface area (Å²) < 4.78 is 5.41. The molecule has 1 aliphatic heterocycles. The molecule has 0 aromatic heterocycles. The number of carbonyl (C=O) groups is 2. The fraction of sp³-hybridized carbons (Fsp3) is 0.355. The molecule has 40 heavy (non-hydrogen) atoms. The summed E-state index contributed by atoms with van der Waals surface area (Å²) >= 11 is 12.3. The molecule has 3 aromatic carbocycles. The van der Waals surface area contributed by atoms with Crippen LogP contribution in [0.5, 0.6) is 5.75 Å². The van der Waals surface area contributed by atoms with Crippen LogP contribution in [0, 0.1) is 0 Å². The van der Waals surface area contributed by atoms with Gasteiger partial charge < -0.3 is 20.3 Å². The number of benzene rings is 3. The van der Waals surface area contributed by atoms with Crippen molar-refractivity contribution in [3.8, 4) is 5.75 Å². The van der Waals surface area contributed by atoms with Crippen LogP contribution in [0.25, 0.3) is 0 Å². The van der Waals surface area contributed by atoms with Crippen molar-refractivity contribution in [3.63, 3.8) is 0 Å². The Balaban J connectivity index is 1.61. The maximum absolute atomic E-state index is 13.8. The lowest BCUT2D eigenvalue weighted by atomic mass is 10.0. The van der Waals surface area contributed by atoms with Gasteiger partial charge in [-0.3, -0.25) is 14.5 Å². The summed E-state index contributed by atoms with van der Waals surface area (Å²) in [5.41, 5.74) is 10.2. The Hall–Kier alpha value is -3.10. The number of nitrogens with zero attached hydrogens (tertiary/aromatic N) is 3. The predicted octanol–water partition coefficient (Wildman–Crippen LogP) is 5.16. The first-order valence-corrected chi connectivity index (χ1v) is 14.2. The minimum Gasteiger partial charge on any atom is -0.497 e. The number of amides is 2. The number of hydrogen-bond acceptors (Lipinski definition) is 5. The summed E-state index contributed by atoms with van der Waals surface area (Å²) in [5, 5.41) is 0.890. The third-order valence-corrected chi connectivity index (χ3v) is 7.91. The summed E-state index contributed by atoms with van der Waals surface area (Å²) in [6.07, 6.45) is 1.13. The van der Waals surface area contributed by atoms with E-state index in [1.165, 1.54) is 0 Å². The van der Waals surface area contributed by atoms with Crippen LogP contribution in [-0.2, 0) is 29.1 Å². The molecule has 1 heterocycles. The van der Waals surface area contributed by atoms with Gasteiger partial charge in [-0.2, -0.15) is 0 Å². The first-order chi connectivity index (χ1) is 19.2. The van der Waals surface area contributed by atoms with Gasteiger partial charge in [0, 0.05) is 51.9 Å². The average molecular weight is 584 g/mol. The Morgan fingerprint density at radius 2 is 1.73 bits per heavy atom. The molecule has 212 valence electrons. The van der Waals surface area contributed by atoms with Gasteiger partial charge in [0.25, 0.3) is 0 Å². The van der Waals surface area contributed by atoms with E-state index >= 15 is 0 Å². The van der Waals surface area contributed by atoms with E-state index < -0.39 is 6.04 Å². The molecule has 1 aliphatic rings. The van der Waals surface area contributed by atoms with E-state index in [-0.39, 0.29) is 11.8 Å². The highest BCUT2D eigenvalue weighted by Gasteiger charge is 2.26. The fourth-order valence-corrected chi connectivity index (χ4v) is 5.40. The van der Waals surface area contributed by atoms with Gasteiger partial charge in [0.15, 0.2) is 0 Å². The molecule has 2 amide bonds. The number of methoxy groups -OCH3 is 1. The molecule has 4 rings (SSSR count). The molecule has 0 saturated heterocycles. The Kier molecular flexibility index (Phi) is 10.5. The second kappa shape index (κ2) is 14.0. The van der Waals surface area contributed by atoms with Gasteiger partial charge in [0.05, 0.1) is 23.2 Å². The zero-order chi connectivity index (χ0) is 28.6. The van der Waals surface area contributed by atoms with E-state index in [1.54, 1.807) is 26.2 Å². The topological polar surface area (TPSA) is 79.1 Å². The van der Waals surface area contributed by atoms with Gasteiger partial charge >= 0.3 is 0 Å². The van der Waals surface area contributed by atoms with E-state index in [9.17, 15) is 9.59 Å². The molecular formula is C31H36Cl2N4O3. The van der Waals surface area contributed by atoms with Crippen LogP contribution in [0.1, 0.15) is 30.0 Å². The predicted molar refractivity (Wildman–Crippen MR) is 161 cm³/mol. The van der Waals surface area contributed by atoms with Crippen LogP contribution >= 0.6 is 23.2 Å². The molecule has 1 atom stereocenters. The van der Waals surface area contributed by atoms with E-state index in [4.69, 9.17) is 33.7 Å². The van der Waals surface area contributed by atoms with Crippen LogP contribution in [0.15, 0.2) is 66.7 Å². The Labute approximate surface area is 246 Å². The second-order valence-electron chi connectivity index (χ2n) is 10.1. The van der Waals surface area contributed by atoms with Crippen LogP contribution in [0.3, 0.4) is 0 Å². The van der Waals surface area contributed by atoms with Gasteiger partial charge in [-0.1, -0.05) is 59.6 Å². The van der Waals surface area contributed by atoms with Gasteiger partial charge in [-0.05, 0) is 59.9 Å². The number of halogens is 2. The maximum atomic E-state index is 13.8. The summed E-state index contributed by atoms with van der Waals surface area (Å²) in [5.74, 6) is 0.620. The van der Waals surface area contributed by atoms with Crippen molar-refractivity contribution in [1.29, 1.82) is 0 Å². The highest BCUT2D eigenvalue weighted by Crippen LogP contribution is 2.26. The third-order valence-electron chi connectivity index (χ3n) is 7.17. The van der Waals surface area contributed by atoms with E-state index in [0.29, 0.717) is 49.2 Å². The highest BCUT2D eigenvalue weighted by atomic mass is 35.5. The number of fused-ring (bicyclic) bond motifs is 1. The van der Waals surface area contributed by atoms with Crippen molar-refractivity contribution < 1.29 is 14.3 Å². The lowest BCUT2D eigenvalue weighted by molar-refractivity contribution is -0.133. The molecule has 7 nitrogen and oxygen atoms in total. The van der Waals surface area contributed by atoms with Crippen LogP contribution in [0.2, 0.25) is 10.0 Å². The van der Waals surface area contributed by atoms with E-state index in [0.717, 1.165) is 41.1 Å². The molecule has 0 spiro atoms. The molecule has 0 fully saturated rings. The first-order valence-electron chi connectivity index (χ1n) is 13.4. The lowest BCUT2D eigenvalue weighted by Crippen LogP contribution is -2.47. The van der Waals surface area contributed by atoms with Crippen molar-refractivity contribution in [2.24, 2.45) is 5.73 Å². The quantitative estimate of drug-likeness (QED) is 0.434. The normalized spacial score (nSPS) is 15.6. The second-order valence-corrected chi connectivity index (χ2v) is 10.9. The van der Waals surface area contributed by atoms with Gasteiger partial charge in [-0.15, -0.1) is 0 Å². The molecule has 9 heteroatoms. The third kappa shape index (κ3) is 7.76. The van der Waals surface area contributed by atoms with Crippen LogP contribution in [0.4, 0.5) is 5.69 Å². The largest absolute Gasteiger partial charge is 0.497 e. The number of rotatable bonds is 6. The SMILES string of the molecule is COc1cccc(CN2CCCN(C(C)=O)c3ccccc3CN(C(=O)[C@@H](N)Cc3ccc(Cl)c(Cl)c3)CC2)c1. The number of ether oxygens (including phenoxy) is 1. The average Bonchev–Trinajstić information content (AvgIpc) is 2.98. The molecule has 3 aromatic rings. The molecule has 0 aliphatic carbocycles. The molecule has 0 unspecified atom stereocenters. The van der Waals surface area contributed by atoms with Crippen molar-refractivity contribution >= 4 is 40.7 Å². The summed E-state index contributed by atoms with van der Waals surface area (Å²) in [7, 11) is 1.66. The Morgan fingerprint density at radius 1 is 0.925 bits per heavy atom. The number of hydrogen-bond donors (Lipinski definition) is 1. The maximum Gasteiger partial charge on any atom is 0.240 e.